The van der Waals surface area contributed by atoms with E-state index in [0.717, 1.165) is 45.3 Å². The van der Waals surface area contributed by atoms with Crippen LogP contribution in [0.2, 0.25) is 0 Å². The fourth-order valence-electron chi connectivity index (χ4n) is 10.2. The van der Waals surface area contributed by atoms with Crippen LogP contribution in [0, 0.1) is 17.3 Å². The number of phenolic OH excluding ortho intramolecular Hbond substituents is 1. The zero-order chi connectivity index (χ0) is 48.2. The van der Waals surface area contributed by atoms with E-state index in [-0.39, 0.29) is 56.0 Å². The van der Waals surface area contributed by atoms with Crippen molar-refractivity contribution >= 4 is 53.1 Å². The molecule has 3 N–H and O–H groups in total. The number of methoxy groups -OCH3 is 1. The van der Waals surface area contributed by atoms with E-state index in [2.05, 4.69) is 85.1 Å². The Kier molecular flexibility index (Phi) is 15.7. The molecule has 4 amide bonds. The highest BCUT2D eigenvalue weighted by Gasteiger charge is 2.40. The van der Waals surface area contributed by atoms with Gasteiger partial charge >= 0.3 is 5.97 Å². The summed E-state index contributed by atoms with van der Waals surface area (Å²) in [5.41, 5.74) is 10.4. The number of rotatable bonds is 12. The highest BCUT2D eigenvalue weighted by molar-refractivity contribution is 7.80. The van der Waals surface area contributed by atoms with Gasteiger partial charge in [0.25, 0.3) is 5.91 Å². The lowest BCUT2D eigenvalue weighted by Gasteiger charge is -2.37. The normalized spacial score (nSPS) is 20.4. The number of ether oxygens (including phenoxy) is 2. The molecule has 4 atom stereocenters. The summed E-state index contributed by atoms with van der Waals surface area (Å²) in [6.07, 6.45) is 3.06. The second-order valence-corrected chi connectivity index (χ2v) is 20.0. The Hall–Kier alpha value is -5.38. The summed E-state index contributed by atoms with van der Waals surface area (Å²) in [7, 11) is 3.31. The van der Waals surface area contributed by atoms with Crippen LogP contribution in [0.4, 0.5) is 0 Å². The molecular formula is C52H68N6O8S. The molecule has 4 aromatic rings. The summed E-state index contributed by atoms with van der Waals surface area (Å²) < 4.78 is 14.0. The highest BCUT2D eigenvalue weighted by Crippen LogP contribution is 2.41. The van der Waals surface area contributed by atoms with Crippen molar-refractivity contribution in [1.29, 1.82) is 0 Å². The van der Waals surface area contributed by atoms with E-state index < -0.39 is 47.2 Å². The Morgan fingerprint density at radius 1 is 1.04 bits per heavy atom. The second-order valence-electron chi connectivity index (χ2n) is 19.6. The minimum absolute atomic E-state index is 0.00234. The van der Waals surface area contributed by atoms with Gasteiger partial charge in [0, 0.05) is 75.1 Å². The van der Waals surface area contributed by atoms with Gasteiger partial charge in [0.2, 0.25) is 17.7 Å². The van der Waals surface area contributed by atoms with Crippen molar-refractivity contribution in [2.45, 2.75) is 104 Å². The molecule has 67 heavy (non-hydrogen) atoms. The SMILES string of the molecule is CCn1c(-c2ccccc2CCOC)c2c3cc(ccc31)-c1cc(O)cc(c1)C[C@H](NC(=O)[C@H](C(C)C)N(C)C(=O)[C@H]1CCN(C(=O)CCS)C1)C(=O)N1CCC[C@H](N1)C(=O)OCC(C)(C)C2. The third-order valence-corrected chi connectivity index (χ3v) is 13.8. The number of esters is 1. The van der Waals surface area contributed by atoms with Crippen LogP contribution in [-0.2, 0) is 59.3 Å². The molecule has 0 aliphatic carbocycles. The zero-order valence-electron chi connectivity index (χ0n) is 40.1. The molecule has 3 aromatic carbocycles. The van der Waals surface area contributed by atoms with Crippen LogP contribution in [-0.4, -0.2) is 125 Å². The lowest BCUT2D eigenvalue weighted by molar-refractivity contribution is -0.155. The number of hydrogen-bond donors (Lipinski definition) is 4. The molecule has 7 rings (SSSR count). The van der Waals surface area contributed by atoms with Crippen molar-refractivity contribution in [1.82, 2.24) is 30.1 Å². The predicted molar refractivity (Wildman–Crippen MR) is 262 cm³/mol. The molecule has 4 heterocycles. The number of carbonyl (C=O) groups is 5. The van der Waals surface area contributed by atoms with E-state index in [4.69, 9.17) is 9.47 Å². The Morgan fingerprint density at radius 2 is 1.82 bits per heavy atom. The van der Waals surface area contributed by atoms with Crippen molar-refractivity contribution in [3.8, 4) is 28.1 Å². The van der Waals surface area contributed by atoms with Crippen LogP contribution in [0.25, 0.3) is 33.3 Å². The number of carbonyl (C=O) groups excluding carboxylic acids is 5. The molecule has 0 radical (unpaired) electrons. The van der Waals surface area contributed by atoms with Crippen LogP contribution in [0.1, 0.15) is 77.0 Å². The fraction of sp³-hybridized carbons (Fsp3) is 0.519. The smallest absolute Gasteiger partial charge is 0.324 e. The summed E-state index contributed by atoms with van der Waals surface area (Å²) in [6, 6.07) is 17.1. The summed E-state index contributed by atoms with van der Waals surface area (Å²) >= 11 is 4.19. The van der Waals surface area contributed by atoms with Gasteiger partial charge in [-0.25, -0.2) is 5.43 Å². The number of amides is 4. The predicted octanol–water partition coefficient (Wildman–Crippen LogP) is 6.19. The van der Waals surface area contributed by atoms with Gasteiger partial charge in [-0.1, -0.05) is 64.1 Å². The number of likely N-dealkylation sites (N-methyl/N-ethyl adjacent to an activating group) is 1. The van der Waals surface area contributed by atoms with Crippen molar-refractivity contribution in [2.75, 3.05) is 52.8 Å². The van der Waals surface area contributed by atoms with Gasteiger partial charge in [-0.3, -0.25) is 29.0 Å². The van der Waals surface area contributed by atoms with Gasteiger partial charge in [-0.2, -0.15) is 12.6 Å². The summed E-state index contributed by atoms with van der Waals surface area (Å²) in [4.78, 5) is 73.0. The number of aromatic nitrogens is 1. The molecule has 15 heteroatoms. The minimum Gasteiger partial charge on any atom is -0.508 e. The topological polar surface area (TPSA) is 163 Å². The van der Waals surface area contributed by atoms with E-state index in [1.807, 2.05) is 26.0 Å². The van der Waals surface area contributed by atoms with Crippen molar-refractivity contribution in [2.24, 2.45) is 17.3 Å². The Morgan fingerprint density at radius 3 is 2.55 bits per heavy atom. The standard InChI is InChI=1S/C52H68N6O8S/c1-8-57-44-16-15-35-28-40(44)41(47(57)39-13-10-9-12-34(39)18-22-65-7)29-52(4,5)31-66-51(64)42-14-11-20-58(54-42)50(63)43(26-33-24-37(35)27-38(59)25-33)53-48(61)46(32(2)3)55(6)49(62)36-17-21-56(30-36)45(60)19-23-67/h9-10,12-13,15-16,24-25,27-28,32,36,42-43,46,54,59,67H,8,11,14,17-23,26,29-31H2,1-7H3,(H,53,61)/t36-,42-,43-,46-/m0/s1. The number of likely N-dealkylation sites (tertiary alicyclic amines) is 1. The van der Waals surface area contributed by atoms with Gasteiger partial charge < -0.3 is 34.3 Å². The average Bonchev–Trinajstić information content (AvgIpc) is 3.92. The molecular weight excluding hydrogens is 869 g/mol. The molecule has 0 saturated carbocycles. The van der Waals surface area contributed by atoms with E-state index in [9.17, 15) is 29.1 Å². The number of aromatic hydroxyl groups is 1. The molecule has 2 saturated heterocycles. The van der Waals surface area contributed by atoms with Gasteiger partial charge in [0.1, 0.15) is 23.9 Å². The number of aryl methyl sites for hydroxylation is 1. The maximum Gasteiger partial charge on any atom is 0.324 e. The number of nitrogens with zero attached hydrogens (tertiary/aromatic N) is 4. The Bertz CT molecular complexity index is 2480. The largest absolute Gasteiger partial charge is 0.508 e. The number of nitrogens with one attached hydrogen (secondary N) is 2. The Balaban J connectivity index is 1.29. The molecule has 0 unspecified atom stereocenters. The van der Waals surface area contributed by atoms with Crippen molar-refractivity contribution in [3.05, 3.63) is 77.4 Å². The van der Waals surface area contributed by atoms with Crippen LogP contribution >= 0.6 is 12.6 Å². The van der Waals surface area contributed by atoms with Crippen molar-refractivity contribution < 1.29 is 38.6 Å². The van der Waals surface area contributed by atoms with E-state index >= 15 is 0 Å². The first-order valence-electron chi connectivity index (χ1n) is 23.8. The molecule has 360 valence electrons. The third kappa shape index (κ3) is 11.0. The number of thiol groups is 1. The van der Waals surface area contributed by atoms with Crippen molar-refractivity contribution in [3.63, 3.8) is 0 Å². The van der Waals surface area contributed by atoms with Crippen LogP contribution in [0.15, 0.2) is 60.7 Å². The number of phenols is 1. The fourth-order valence-corrected chi connectivity index (χ4v) is 10.4. The first-order valence-corrected chi connectivity index (χ1v) is 24.4. The molecule has 3 aliphatic rings. The second kappa shape index (κ2) is 21.3. The highest BCUT2D eigenvalue weighted by atomic mass is 32.1. The number of hydrazine groups is 1. The van der Waals surface area contributed by atoms with Gasteiger partial charge in [0.05, 0.1) is 24.8 Å². The lowest BCUT2D eigenvalue weighted by Crippen LogP contribution is -2.62. The molecule has 0 spiro atoms. The van der Waals surface area contributed by atoms with Gasteiger partial charge in [-0.15, -0.1) is 0 Å². The molecule has 14 nitrogen and oxygen atoms in total. The zero-order valence-corrected chi connectivity index (χ0v) is 41.0. The van der Waals surface area contributed by atoms with Gasteiger partial charge in [0.15, 0.2) is 0 Å². The third-order valence-electron chi connectivity index (χ3n) is 13.6. The maximum atomic E-state index is 14.7. The monoisotopic (exact) mass is 936 g/mol. The average molecular weight is 937 g/mol. The summed E-state index contributed by atoms with van der Waals surface area (Å²) in [5.74, 6) is -2.13. The maximum absolute atomic E-state index is 14.7. The summed E-state index contributed by atoms with van der Waals surface area (Å²) in [6.45, 7) is 12.5. The quantitative estimate of drug-likeness (QED) is 0.0960. The van der Waals surface area contributed by atoms with E-state index in [1.54, 1.807) is 31.2 Å². The van der Waals surface area contributed by atoms with E-state index in [0.29, 0.717) is 56.7 Å². The lowest BCUT2D eigenvalue weighted by atomic mass is 9.83. The van der Waals surface area contributed by atoms with Crippen LogP contribution in [0.5, 0.6) is 5.75 Å². The van der Waals surface area contributed by atoms with E-state index in [1.165, 1.54) is 15.5 Å². The number of hydrogen-bond acceptors (Lipinski definition) is 10. The molecule has 3 aliphatic heterocycles. The first-order chi connectivity index (χ1) is 32.0. The van der Waals surface area contributed by atoms with Crippen LogP contribution < -0.4 is 10.7 Å². The first kappa shape index (κ1) is 49.5. The van der Waals surface area contributed by atoms with Crippen LogP contribution in [0.3, 0.4) is 0 Å². The molecule has 2 fully saturated rings. The number of cyclic esters (lactones) is 1. The summed E-state index contributed by atoms with van der Waals surface area (Å²) in [5, 5.41) is 16.8. The van der Waals surface area contributed by atoms with Gasteiger partial charge in [-0.05, 0) is 103 Å². The Labute approximate surface area is 400 Å². The molecule has 6 bridgehead atoms. The number of benzene rings is 3. The minimum atomic E-state index is -1.15. The molecule has 1 aromatic heterocycles. The number of fused-ring (bicyclic) bond motifs is 6.